The Morgan fingerprint density at radius 3 is 2.40 bits per heavy atom. The molecule has 3 nitrogen and oxygen atoms in total. The molecule has 5 heteroatoms. The largest absolute Gasteiger partial charge is 0.500 e. The van der Waals surface area contributed by atoms with Crippen molar-refractivity contribution in [1.82, 2.24) is 9.97 Å². The van der Waals surface area contributed by atoms with Crippen LogP contribution in [-0.4, -0.2) is 9.97 Å². The van der Waals surface area contributed by atoms with Crippen LogP contribution >= 0.6 is 11.3 Å². The van der Waals surface area contributed by atoms with Crippen LogP contribution in [0.3, 0.4) is 0 Å². The number of thiophene rings is 1. The normalized spacial score (nSPS) is 12.4. The van der Waals surface area contributed by atoms with E-state index in [1.54, 1.807) is 23.6 Å². The number of benzene rings is 3. The zero-order valence-corrected chi connectivity index (χ0v) is 27.4. The summed E-state index contributed by atoms with van der Waals surface area (Å²) >= 11 is 1.76. The van der Waals surface area contributed by atoms with Crippen LogP contribution in [0.1, 0.15) is 39.5 Å². The van der Waals surface area contributed by atoms with Gasteiger partial charge < -0.3 is 14.4 Å². The summed E-state index contributed by atoms with van der Waals surface area (Å²) in [5.41, 5.74) is 6.33. The van der Waals surface area contributed by atoms with Crippen molar-refractivity contribution >= 4 is 43.4 Å². The molecule has 213 valence electrons. The Morgan fingerprint density at radius 2 is 1.67 bits per heavy atom. The van der Waals surface area contributed by atoms with Gasteiger partial charge in [-0.2, -0.15) is 0 Å². The molecule has 0 aliphatic rings. The van der Waals surface area contributed by atoms with Crippen LogP contribution in [0.2, 0.25) is 0 Å². The molecule has 0 bridgehead atoms. The molecule has 4 heterocycles. The minimum Gasteiger partial charge on any atom is -0.500 e. The smallest absolute Gasteiger partial charge is 0.129 e. The van der Waals surface area contributed by atoms with Crippen molar-refractivity contribution in [2.24, 2.45) is 5.41 Å². The van der Waals surface area contributed by atoms with Crippen LogP contribution in [0.5, 0.6) is 0 Å². The standard InChI is InChI=1S/C25H22NOS.C12H10N.Ir/c1-15-12-20-22(28-15)9-8-18-17-6-5-7-19(23(17)27-24(18)20)21-13-16(10-11-26-21)14-25(2,3)4;1-10-7-8-12(13-9-10)11-5-3-2-4-6-11;/h5-6,8-13H,14H2,1-4H3;2-5,7-9H,1H3;/q2*-1;/i14D2;;. The van der Waals surface area contributed by atoms with E-state index in [1.807, 2.05) is 82.4 Å². The van der Waals surface area contributed by atoms with Crippen molar-refractivity contribution in [3.8, 4) is 22.5 Å². The molecule has 7 aromatic rings. The van der Waals surface area contributed by atoms with Crippen LogP contribution in [0.4, 0.5) is 0 Å². The molecule has 0 saturated carbocycles. The molecule has 0 atom stereocenters. The molecule has 0 N–H and O–H groups in total. The molecule has 0 fully saturated rings. The fraction of sp³-hybridized carbons (Fsp3) is 0.189. The maximum atomic E-state index is 8.63. The first-order valence-corrected chi connectivity index (χ1v) is 14.5. The van der Waals surface area contributed by atoms with Gasteiger partial charge in [0.05, 0.1) is 5.58 Å². The second kappa shape index (κ2) is 12.3. The predicted molar refractivity (Wildman–Crippen MR) is 172 cm³/mol. The van der Waals surface area contributed by atoms with Gasteiger partial charge in [0.25, 0.3) is 0 Å². The molecule has 1 radical (unpaired) electrons. The van der Waals surface area contributed by atoms with Gasteiger partial charge in [0.1, 0.15) is 5.58 Å². The monoisotopic (exact) mass is 747 g/mol. The minimum atomic E-state index is -1.49. The van der Waals surface area contributed by atoms with Crippen molar-refractivity contribution in [2.45, 2.75) is 41.0 Å². The van der Waals surface area contributed by atoms with Crippen molar-refractivity contribution in [3.05, 3.63) is 119 Å². The summed E-state index contributed by atoms with van der Waals surface area (Å²) in [4.78, 5) is 10.1. The molecule has 3 aromatic carbocycles. The summed E-state index contributed by atoms with van der Waals surface area (Å²) in [7, 11) is 0. The van der Waals surface area contributed by atoms with E-state index in [0.29, 0.717) is 11.3 Å². The zero-order chi connectivity index (χ0) is 30.4. The Bertz CT molecular complexity index is 2060. The molecule has 0 amide bonds. The zero-order valence-electron chi connectivity index (χ0n) is 26.2. The predicted octanol–water partition coefficient (Wildman–Crippen LogP) is 10.4. The summed E-state index contributed by atoms with van der Waals surface area (Å²) < 4.78 is 24.9. The van der Waals surface area contributed by atoms with Crippen molar-refractivity contribution < 1.29 is 27.3 Å². The Balaban J connectivity index is 0.000000230. The Kier molecular flexibility index (Phi) is 7.98. The third-order valence-corrected chi connectivity index (χ3v) is 7.67. The van der Waals surface area contributed by atoms with E-state index in [2.05, 4.69) is 53.3 Å². The van der Waals surface area contributed by atoms with Crippen LogP contribution in [0.15, 0.2) is 95.7 Å². The number of furan rings is 1. The number of aryl methyl sites for hydroxylation is 2. The second-order valence-electron chi connectivity index (χ2n) is 11.2. The average molecular weight is 747 g/mol. The summed E-state index contributed by atoms with van der Waals surface area (Å²) in [6.45, 7) is 9.87. The van der Waals surface area contributed by atoms with E-state index in [1.165, 1.54) is 15.1 Å². The van der Waals surface area contributed by atoms with Gasteiger partial charge in [0.15, 0.2) is 0 Å². The Morgan fingerprint density at radius 1 is 0.833 bits per heavy atom. The average Bonchev–Trinajstić information content (AvgIpc) is 3.57. The van der Waals surface area contributed by atoms with E-state index in [-0.39, 0.29) is 20.1 Å². The molecule has 0 unspecified atom stereocenters. The van der Waals surface area contributed by atoms with Crippen molar-refractivity contribution in [1.29, 1.82) is 0 Å². The number of hydrogen-bond acceptors (Lipinski definition) is 4. The van der Waals surface area contributed by atoms with Gasteiger partial charge in [0, 0.05) is 55.6 Å². The molecule has 7 rings (SSSR count). The van der Waals surface area contributed by atoms with Gasteiger partial charge >= 0.3 is 0 Å². The van der Waals surface area contributed by atoms with E-state index >= 15 is 0 Å². The molecule has 0 aliphatic heterocycles. The summed E-state index contributed by atoms with van der Waals surface area (Å²) in [6, 6.07) is 32.3. The van der Waals surface area contributed by atoms with Gasteiger partial charge in [-0.25, -0.2) is 0 Å². The van der Waals surface area contributed by atoms with Crippen LogP contribution in [0.25, 0.3) is 54.5 Å². The van der Waals surface area contributed by atoms with Gasteiger partial charge in [-0.15, -0.1) is 65.4 Å². The SMILES string of the molecule is Cc1ccc(-c2[c-]cccc2)nc1.[2H]C([2H])(c1ccnc(-c2[c-]ccc3c2oc2c4cc(C)sc4ccc32)c1)C(C)(C)C.[Ir]. The topological polar surface area (TPSA) is 38.9 Å². The molecular weight excluding hydrogens is 713 g/mol. The molecule has 0 aliphatic carbocycles. The maximum Gasteiger partial charge on any atom is 0.129 e. The van der Waals surface area contributed by atoms with E-state index in [0.717, 1.165) is 44.1 Å². The molecular formula is C37H32IrN2OS-2. The summed E-state index contributed by atoms with van der Waals surface area (Å²) in [5.74, 6) is 0. The number of fused-ring (bicyclic) bond motifs is 5. The fourth-order valence-electron chi connectivity index (χ4n) is 4.89. The van der Waals surface area contributed by atoms with Gasteiger partial charge in [-0.05, 0) is 60.8 Å². The quantitative estimate of drug-likeness (QED) is 0.169. The van der Waals surface area contributed by atoms with Gasteiger partial charge in [-0.1, -0.05) is 61.5 Å². The van der Waals surface area contributed by atoms with E-state index in [9.17, 15) is 0 Å². The number of aromatic nitrogens is 2. The second-order valence-corrected chi connectivity index (χ2v) is 12.5. The fourth-order valence-corrected chi connectivity index (χ4v) is 5.81. The first-order valence-electron chi connectivity index (χ1n) is 14.7. The minimum absolute atomic E-state index is 0. The van der Waals surface area contributed by atoms with Gasteiger partial charge in [0.2, 0.25) is 0 Å². The van der Waals surface area contributed by atoms with Crippen LogP contribution in [0, 0.1) is 31.4 Å². The number of rotatable bonds is 3. The van der Waals surface area contributed by atoms with E-state index < -0.39 is 11.8 Å². The van der Waals surface area contributed by atoms with Gasteiger partial charge in [-0.3, -0.25) is 0 Å². The van der Waals surface area contributed by atoms with Crippen molar-refractivity contribution in [2.75, 3.05) is 0 Å². The first kappa shape index (κ1) is 27.2. The number of nitrogens with zero attached hydrogens (tertiary/aromatic N) is 2. The number of hydrogen-bond donors (Lipinski definition) is 0. The molecule has 42 heavy (non-hydrogen) atoms. The maximum absolute atomic E-state index is 8.63. The first-order chi connectivity index (χ1) is 20.5. The summed E-state index contributed by atoms with van der Waals surface area (Å²) in [6.07, 6.45) is 2.05. The third-order valence-electron chi connectivity index (χ3n) is 6.65. The molecule has 0 spiro atoms. The molecule has 4 aromatic heterocycles. The summed E-state index contributed by atoms with van der Waals surface area (Å²) in [5, 5.41) is 3.23. The Labute approximate surface area is 267 Å². The van der Waals surface area contributed by atoms with Crippen LogP contribution < -0.4 is 0 Å². The Hall–Kier alpha value is -3.63. The van der Waals surface area contributed by atoms with Crippen molar-refractivity contribution in [3.63, 3.8) is 0 Å². The number of pyridine rings is 2. The van der Waals surface area contributed by atoms with E-state index in [4.69, 9.17) is 7.16 Å². The van der Waals surface area contributed by atoms with Crippen LogP contribution in [-0.2, 0) is 26.5 Å². The third kappa shape index (κ3) is 6.39. The molecule has 0 saturated heterocycles.